The predicted molar refractivity (Wildman–Crippen MR) is 101 cm³/mol. The quantitative estimate of drug-likeness (QED) is 0.742. The highest BCUT2D eigenvalue weighted by Gasteiger charge is 2.16. The Labute approximate surface area is 149 Å². The summed E-state index contributed by atoms with van der Waals surface area (Å²) < 4.78 is 11.4. The maximum absolute atomic E-state index is 12.7. The van der Waals surface area contributed by atoms with Crippen molar-refractivity contribution in [1.82, 2.24) is 4.98 Å². The summed E-state index contributed by atoms with van der Waals surface area (Å²) in [7, 11) is 3.10. The van der Waals surface area contributed by atoms with Crippen LogP contribution in [0.5, 0.6) is 11.5 Å². The zero-order valence-electron chi connectivity index (χ0n) is 14.5. The van der Waals surface area contributed by atoms with Gasteiger partial charge in [0, 0.05) is 17.3 Å². The molecule has 0 spiro atoms. The number of ether oxygens (including phenoxy) is 2. The minimum absolute atomic E-state index is 0.236. The number of methoxy groups -OCH3 is 2. The lowest BCUT2D eigenvalue weighted by atomic mass is 10.1. The van der Waals surface area contributed by atoms with Crippen LogP contribution in [0.15, 0.2) is 24.3 Å². The number of carbonyl (C=O) groups is 1. The Morgan fingerprint density at radius 3 is 2.36 bits per heavy atom. The second-order valence-electron chi connectivity index (χ2n) is 5.65. The second-order valence-corrected chi connectivity index (χ2v) is 6.68. The normalized spacial score (nSPS) is 10.7. The van der Waals surface area contributed by atoms with Crippen LogP contribution in [0.1, 0.15) is 21.5 Å². The number of amides is 1. The molecule has 0 atom stereocenters. The van der Waals surface area contributed by atoms with Crippen molar-refractivity contribution in [2.24, 2.45) is 0 Å². The molecular weight excluding hydrogens is 338 g/mol. The molecule has 0 aliphatic carbocycles. The molecule has 2 aromatic carbocycles. The first-order chi connectivity index (χ1) is 11.9. The molecule has 130 valence electrons. The molecule has 0 radical (unpaired) electrons. The Hall–Kier alpha value is -2.80. The van der Waals surface area contributed by atoms with Crippen molar-refractivity contribution in [2.75, 3.05) is 25.3 Å². The van der Waals surface area contributed by atoms with Gasteiger partial charge in [-0.1, -0.05) is 11.3 Å². The summed E-state index contributed by atoms with van der Waals surface area (Å²) in [5.74, 6) is 0.882. The van der Waals surface area contributed by atoms with Crippen LogP contribution in [-0.2, 0) is 0 Å². The van der Waals surface area contributed by atoms with E-state index in [9.17, 15) is 4.79 Å². The fourth-order valence-electron chi connectivity index (χ4n) is 2.72. The van der Waals surface area contributed by atoms with E-state index >= 15 is 0 Å². The lowest BCUT2D eigenvalue weighted by Crippen LogP contribution is -2.14. The van der Waals surface area contributed by atoms with Crippen LogP contribution in [0.2, 0.25) is 0 Å². The molecule has 0 aliphatic heterocycles. The highest BCUT2D eigenvalue weighted by molar-refractivity contribution is 7.22. The number of hydrogen-bond donors (Lipinski definition) is 2. The van der Waals surface area contributed by atoms with Gasteiger partial charge in [0.25, 0.3) is 5.91 Å². The van der Waals surface area contributed by atoms with Gasteiger partial charge in [0.2, 0.25) is 0 Å². The van der Waals surface area contributed by atoms with Gasteiger partial charge in [-0.15, -0.1) is 0 Å². The summed E-state index contributed by atoms with van der Waals surface area (Å²) in [4.78, 5) is 17.0. The third-order valence-corrected chi connectivity index (χ3v) is 5.01. The Morgan fingerprint density at radius 2 is 1.76 bits per heavy atom. The molecule has 1 amide bonds. The van der Waals surface area contributed by atoms with Crippen molar-refractivity contribution in [3.8, 4) is 11.5 Å². The minimum Gasteiger partial charge on any atom is -0.497 e. The highest BCUT2D eigenvalue weighted by atomic mass is 32.1. The molecule has 6 nitrogen and oxygen atoms in total. The maximum atomic E-state index is 12.7. The molecule has 7 heteroatoms. The van der Waals surface area contributed by atoms with Gasteiger partial charge in [0.15, 0.2) is 5.13 Å². The molecule has 1 heterocycles. The van der Waals surface area contributed by atoms with Crippen LogP contribution < -0.4 is 20.5 Å². The molecule has 25 heavy (non-hydrogen) atoms. The second kappa shape index (κ2) is 6.60. The number of hydrogen-bond acceptors (Lipinski definition) is 6. The van der Waals surface area contributed by atoms with E-state index in [1.165, 1.54) is 11.3 Å². The average Bonchev–Trinajstić information content (AvgIpc) is 2.98. The molecule has 1 aromatic heterocycles. The minimum atomic E-state index is -0.236. The molecule has 3 N–H and O–H groups in total. The van der Waals surface area contributed by atoms with Crippen LogP contribution in [0.3, 0.4) is 0 Å². The highest BCUT2D eigenvalue weighted by Crippen LogP contribution is 2.34. The Balaban J connectivity index is 2.00. The van der Waals surface area contributed by atoms with E-state index in [2.05, 4.69) is 10.3 Å². The predicted octanol–water partition coefficient (Wildman–Crippen LogP) is 3.76. The van der Waals surface area contributed by atoms with E-state index in [1.54, 1.807) is 32.4 Å². The molecule has 0 bridgehead atoms. The van der Waals surface area contributed by atoms with Gasteiger partial charge < -0.3 is 20.5 Å². The average molecular weight is 357 g/mol. The van der Waals surface area contributed by atoms with E-state index in [0.717, 1.165) is 27.0 Å². The van der Waals surface area contributed by atoms with Crippen molar-refractivity contribution >= 4 is 38.3 Å². The largest absolute Gasteiger partial charge is 0.497 e. The molecule has 0 saturated carbocycles. The number of benzene rings is 2. The first-order valence-electron chi connectivity index (χ1n) is 7.63. The number of carbonyl (C=O) groups excluding carboxylic acids is 1. The summed E-state index contributed by atoms with van der Waals surface area (Å²) in [6.07, 6.45) is 0. The van der Waals surface area contributed by atoms with Crippen molar-refractivity contribution in [1.29, 1.82) is 0 Å². The summed E-state index contributed by atoms with van der Waals surface area (Å²) in [5.41, 5.74) is 9.76. The summed E-state index contributed by atoms with van der Waals surface area (Å²) >= 11 is 1.41. The fourth-order valence-corrected chi connectivity index (χ4v) is 3.54. The van der Waals surface area contributed by atoms with Crippen LogP contribution in [0.25, 0.3) is 10.2 Å². The van der Waals surface area contributed by atoms with Gasteiger partial charge in [-0.25, -0.2) is 4.98 Å². The Morgan fingerprint density at radius 1 is 1.12 bits per heavy atom. The first-order valence-corrected chi connectivity index (χ1v) is 8.45. The lowest BCUT2D eigenvalue weighted by molar-refractivity contribution is 0.102. The van der Waals surface area contributed by atoms with Gasteiger partial charge in [0.05, 0.1) is 24.4 Å². The van der Waals surface area contributed by atoms with E-state index in [0.29, 0.717) is 22.2 Å². The molecule has 0 fully saturated rings. The monoisotopic (exact) mass is 357 g/mol. The lowest BCUT2D eigenvalue weighted by Gasteiger charge is -2.13. The molecule has 0 saturated heterocycles. The number of nitrogen functional groups attached to an aromatic ring is 1. The number of nitrogens with zero attached hydrogens (tertiary/aromatic N) is 1. The number of aromatic nitrogens is 1. The van der Waals surface area contributed by atoms with Crippen molar-refractivity contribution < 1.29 is 14.3 Å². The number of nitrogens with one attached hydrogen (secondary N) is 1. The molecule has 0 unspecified atom stereocenters. The van der Waals surface area contributed by atoms with E-state index < -0.39 is 0 Å². The van der Waals surface area contributed by atoms with Gasteiger partial charge in [-0.2, -0.15) is 0 Å². The van der Waals surface area contributed by atoms with E-state index in [4.69, 9.17) is 15.2 Å². The molecule has 3 rings (SSSR count). The van der Waals surface area contributed by atoms with Crippen molar-refractivity contribution in [3.05, 3.63) is 41.0 Å². The standard InChI is InChI=1S/C18H19N3O3S/c1-9-5-14-16(25-18(19)20-14)10(2)15(9)21-17(22)11-6-12(23-3)8-13(7-11)24-4/h5-8H,1-4H3,(H2,19,20)(H,21,22). The Bertz CT molecular complexity index is 944. The summed E-state index contributed by atoms with van der Waals surface area (Å²) in [6.45, 7) is 3.89. The van der Waals surface area contributed by atoms with Crippen molar-refractivity contribution in [2.45, 2.75) is 13.8 Å². The van der Waals surface area contributed by atoms with Gasteiger partial charge in [0.1, 0.15) is 11.5 Å². The number of nitrogens with two attached hydrogens (primary N) is 1. The van der Waals surface area contributed by atoms with Gasteiger partial charge in [-0.3, -0.25) is 4.79 Å². The summed E-state index contributed by atoms with van der Waals surface area (Å²) in [5, 5.41) is 3.50. The molecule has 3 aromatic rings. The van der Waals surface area contributed by atoms with Crippen molar-refractivity contribution in [3.63, 3.8) is 0 Å². The van der Waals surface area contributed by atoms with Gasteiger partial charge in [-0.05, 0) is 43.2 Å². The van der Waals surface area contributed by atoms with Crippen LogP contribution >= 0.6 is 11.3 Å². The number of thiazole rings is 1. The Kier molecular flexibility index (Phi) is 4.50. The third-order valence-electron chi connectivity index (χ3n) is 3.99. The fraction of sp³-hybridized carbons (Fsp3) is 0.222. The van der Waals surface area contributed by atoms with E-state index in [1.807, 2.05) is 19.9 Å². The number of anilines is 2. The zero-order valence-corrected chi connectivity index (χ0v) is 15.3. The number of aryl methyl sites for hydroxylation is 2. The first kappa shape index (κ1) is 17.0. The van der Waals surface area contributed by atoms with Crippen LogP contribution in [0, 0.1) is 13.8 Å². The van der Waals surface area contributed by atoms with Crippen LogP contribution in [0.4, 0.5) is 10.8 Å². The topological polar surface area (TPSA) is 86.5 Å². The summed E-state index contributed by atoms with van der Waals surface area (Å²) in [6, 6.07) is 6.99. The number of fused-ring (bicyclic) bond motifs is 1. The zero-order chi connectivity index (χ0) is 18.1. The smallest absolute Gasteiger partial charge is 0.255 e. The SMILES string of the molecule is COc1cc(OC)cc(C(=O)Nc2c(C)cc3nc(N)sc3c2C)c1. The van der Waals surface area contributed by atoms with Gasteiger partial charge >= 0.3 is 0 Å². The number of rotatable bonds is 4. The van der Waals surface area contributed by atoms with E-state index in [-0.39, 0.29) is 5.91 Å². The molecular formula is C18H19N3O3S. The van der Waals surface area contributed by atoms with Crippen LogP contribution in [-0.4, -0.2) is 25.1 Å². The maximum Gasteiger partial charge on any atom is 0.255 e. The third kappa shape index (κ3) is 3.23. The molecule has 0 aliphatic rings.